The van der Waals surface area contributed by atoms with Gasteiger partial charge >= 0.3 is 91.4 Å². The van der Waals surface area contributed by atoms with Gasteiger partial charge in [0, 0.05) is 19.5 Å². The van der Waals surface area contributed by atoms with Crippen LogP contribution in [0.4, 0.5) is 0 Å². The summed E-state index contributed by atoms with van der Waals surface area (Å²) in [5.41, 5.74) is 0. The summed E-state index contributed by atoms with van der Waals surface area (Å²) >= 11 is 0. The summed E-state index contributed by atoms with van der Waals surface area (Å²) in [5.74, 6) is 0. The number of hydrogen-bond donors (Lipinski definition) is 0. The molecule has 0 amide bonds. The summed E-state index contributed by atoms with van der Waals surface area (Å²) in [7, 11) is 0. The summed E-state index contributed by atoms with van der Waals surface area (Å²) in [5, 5.41) is 0. The first kappa shape index (κ1) is 26.4. The molecule has 0 N–H and O–H groups in total. The van der Waals surface area contributed by atoms with E-state index in [0.29, 0.717) is 0 Å². The third-order valence-corrected chi connectivity index (χ3v) is 0. The van der Waals surface area contributed by atoms with Crippen molar-refractivity contribution in [1.82, 2.24) is 0 Å². The zero-order valence-corrected chi connectivity index (χ0v) is 3.67. The van der Waals surface area contributed by atoms with Crippen LogP contribution in [-0.4, -0.2) is 91.4 Å². The molecule has 0 aliphatic rings. The maximum Gasteiger partial charge on any atom is 0 e. The van der Waals surface area contributed by atoms with E-state index in [4.69, 9.17) is 0 Å². The molecule has 0 radical (unpaired) electrons. The average molecular weight is 189 g/mol. The molecule has 12 valence electrons. The van der Waals surface area contributed by atoms with Crippen molar-refractivity contribution in [2.45, 2.75) is 0 Å². The Balaban J connectivity index is 0. The van der Waals surface area contributed by atoms with Crippen LogP contribution in [0.25, 0.3) is 0 Å². The van der Waals surface area contributed by atoms with E-state index in [1.54, 1.807) is 0 Å². The van der Waals surface area contributed by atoms with Gasteiger partial charge in [0.2, 0.25) is 0 Å². The second kappa shape index (κ2) is 16.2. The minimum Gasteiger partial charge on any atom is 0 e. The van der Waals surface area contributed by atoms with Crippen LogP contribution in [0.5, 0.6) is 0 Å². The molecule has 0 rings (SSSR count). The second-order valence-electron chi connectivity index (χ2n) is 0. The van der Waals surface area contributed by atoms with Crippen molar-refractivity contribution in [3.8, 4) is 0 Å². The Bertz CT molecular complexity index is 8.00. The second-order valence-corrected chi connectivity index (χ2v) is 0. The zero-order chi connectivity index (χ0) is 0. The Morgan fingerprint density at radius 3 is 1.00 bits per heavy atom. The number of rotatable bonds is 0. The van der Waals surface area contributed by atoms with Crippen molar-refractivity contribution in [3.05, 3.63) is 0 Å². The van der Waals surface area contributed by atoms with Gasteiger partial charge in [-0.3, -0.25) is 0 Å². The van der Waals surface area contributed by atoms with Gasteiger partial charge in [0.05, 0.1) is 0 Å². The third kappa shape index (κ3) is 9.03. The maximum atomic E-state index is 0. The molecule has 0 saturated heterocycles. The molecule has 0 atom stereocenters. The van der Waals surface area contributed by atoms with Gasteiger partial charge in [0.25, 0.3) is 0 Å². The van der Waals surface area contributed by atoms with Crippen molar-refractivity contribution in [1.29, 1.82) is 0 Å². The largest absolute Gasteiger partial charge is 0 e. The number of hydrogen-bond acceptors (Lipinski definition) is 0. The fourth-order valence-electron chi connectivity index (χ4n) is 0. The molecule has 0 aromatic heterocycles. The van der Waals surface area contributed by atoms with Crippen LogP contribution >= 0.6 is 0 Å². The first-order chi connectivity index (χ1) is 0. The fourth-order valence-corrected chi connectivity index (χ4v) is 0. The first-order valence-electron chi connectivity index (χ1n) is 0. The van der Waals surface area contributed by atoms with E-state index in [9.17, 15) is 0 Å². The molecule has 4 heavy (non-hydrogen) atoms. The van der Waals surface area contributed by atoms with Gasteiger partial charge in [-0.1, -0.05) is 0 Å². The van der Waals surface area contributed by atoms with E-state index in [0.717, 1.165) is 0 Å². The molecule has 0 aromatic carbocycles. The fraction of sp³-hybridized carbons (Fsp3) is 0. The van der Waals surface area contributed by atoms with Crippen molar-refractivity contribution in [2.24, 2.45) is 0 Å². The van der Waals surface area contributed by atoms with Gasteiger partial charge in [-0.15, -0.1) is 0 Å². The monoisotopic (exact) mass is 187 g/mol. The van der Waals surface area contributed by atoms with E-state index in [1.807, 2.05) is 0 Å². The van der Waals surface area contributed by atoms with Crippen LogP contribution < -0.4 is 0 Å². The van der Waals surface area contributed by atoms with E-state index >= 15 is 0 Å². The van der Waals surface area contributed by atoms with E-state index in [1.165, 1.54) is 0 Å². The van der Waals surface area contributed by atoms with Crippen molar-refractivity contribution in [3.63, 3.8) is 0 Å². The van der Waals surface area contributed by atoms with E-state index in [-0.39, 0.29) is 111 Å². The Hall–Kier alpha value is 3.36. The van der Waals surface area contributed by atoms with Gasteiger partial charge < -0.3 is 0 Å². The molecule has 0 fully saturated rings. The Morgan fingerprint density at radius 1 is 1.00 bits per heavy atom. The van der Waals surface area contributed by atoms with Crippen LogP contribution in [0.1, 0.15) is 0 Å². The van der Waals surface area contributed by atoms with Crippen LogP contribution in [0.15, 0.2) is 0 Å². The molecule has 4 heteroatoms. The average Bonchev–Trinajstić information content (AvgIpc) is 0. The van der Waals surface area contributed by atoms with Gasteiger partial charge in [-0.2, -0.15) is 0 Å². The minimum absolute atomic E-state index is 0. The van der Waals surface area contributed by atoms with Crippen molar-refractivity contribution in [2.75, 3.05) is 0 Å². The Morgan fingerprint density at radius 2 is 1.00 bits per heavy atom. The first-order valence-corrected chi connectivity index (χ1v) is 0. The predicted molar refractivity (Wildman–Crippen MR) is 24.2 cm³/mol. The molecule has 0 spiro atoms. The zero-order valence-electron chi connectivity index (χ0n) is 0.707. The van der Waals surface area contributed by atoms with Gasteiger partial charge in [0.15, 0.2) is 0 Å². The molecular formula is H5BeMgRbZn. The predicted octanol–water partition coefficient (Wildman–Crippen LogP) is -2.48. The standard InChI is InChI=1S/Be.Mg.Rb.Zn.5H. The molecule has 0 nitrogen and oxygen atoms in total. The molecular weight excluding hydrogens is 184 g/mol. The smallest absolute Gasteiger partial charge is 0 e. The molecule has 0 aromatic rings. The molecule has 0 saturated carbocycles. The normalized spacial score (nSPS) is 0. The maximum absolute atomic E-state index is 0. The van der Waals surface area contributed by atoms with Crippen LogP contribution in [0, 0.1) is 0 Å². The summed E-state index contributed by atoms with van der Waals surface area (Å²) in [4.78, 5) is 0. The van der Waals surface area contributed by atoms with Gasteiger partial charge in [0.1, 0.15) is 0 Å². The van der Waals surface area contributed by atoms with Crippen molar-refractivity contribution >= 4 is 91.4 Å². The van der Waals surface area contributed by atoms with E-state index in [2.05, 4.69) is 0 Å². The minimum atomic E-state index is 0. The summed E-state index contributed by atoms with van der Waals surface area (Å²) < 4.78 is 0. The molecule has 0 aliphatic carbocycles. The SMILES string of the molecule is [BeH2].[MgH2].[RbH].[Zn]. The van der Waals surface area contributed by atoms with Crippen LogP contribution in [0.3, 0.4) is 0 Å². The van der Waals surface area contributed by atoms with Crippen LogP contribution in [-0.2, 0) is 19.5 Å². The van der Waals surface area contributed by atoms with E-state index < -0.39 is 0 Å². The van der Waals surface area contributed by atoms with Crippen LogP contribution in [0.2, 0.25) is 0 Å². The summed E-state index contributed by atoms with van der Waals surface area (Å²) in [6.45, 7) is 0. The summed E-state index contributed by atoms with van der Waals surface area (Å²) in [6, 6.07) is 0. The Labute approximate surface area is 108 Å². The quantitative estimate of drug-likeness (QED) is 0.370. The molecule has 0 heterocycles. The molecule has 0 aliphatic heterocycles. The van der Waals surface area contributed by atoms with Gasteiger partial charge in [-0.05, 0) is 0 Å². The third-order valence-electron chi connectivity index (χ3n) is 0. The summed E-state index contributed by atoms with van der Waals surface area (Å²) in [6.07, 6.45) is 0. The van der Waals surface area contributed by atoms with Gasteiger partial charge in [-0.25, -0.2) is 0 Å². The molecule has 0 bridgehead atoms. The Kier molecular flexibility index (Phi) is 107. The van der Waals surface area contributed by atoms with Crippen molar-refractivity contribution < 1.29 is 19.5 Å². The molecule has 0 unspecified atom stereocenters. The topological polar surface area (TPSA) is 0 Å².